The third-order valence-corrected chi connectivity index (χ3v) is 2.01. The number of hydrogen-bond donors (Lipinski definition) is 2. The number of amides is 1. The molecule has 19 heavy (non-hydrogen) atoms. The molecule has 6 heteroatoms. The van der Waals surface area contributed by atoms with Crippen LogP contribution in [0.2, 0.25) is 0 Å². The Kier molecular flexibility index (Phi) is 5.54. The molecular formula is C13H22N4O2. The summed E-state index contributed by atoms with van der Waals surface area (Å²) in [5, 5.41) is 5.72. The topological polar surface area (TPSA) is 76.1 Å². The standard InChI is InChI=1S/C13H22N4O2/c1-5-8-19-11-6-7-14-12(16-11)15-9-10(18)17-13(2,3)4/h6-7H,5,8-9H2,1-4H3,(H,17,18)(H,14,15,16). The Morgan fingerprint density at radius 2 is 2.16 bits per heavy atom. The lowest BCUT2D eigenvalue weighted by atomic mass is 10.1. The molecule has 0 unspecified atom stereocenters. The fraction of sp³-hybridized carbons (Fsp3) is 0.615. The molecule has 0 aromatic carbocycles. The summed E-state index contributed by atoms with van der Waals surface area (Å²) in [5.41, 5.74) is -0.244. The molecule has 0 atom stereocenters. The quantitative estimate of drug-likeness (QED) is 0.817. The van der Waals surface area contributed by atoms with Crippen LogP contribution in [0.4, 0.5) is 5.95 Å². The molecular weight excluding hydrogens is 244 g/mol. The fourth-order valence-electron chi connectivity index (χ4n) is 1.34. The second-order valence-corrected chi connectivity index (χ2v) is 5.22. The summed E-state index contributed by atoms with van der Waals surface area (Å²) in [6.45, 7) is 8.56. The van der Waals surface area contributed by atoms with E-state index in [1.807, 2.05) is 27.7 Å². The van der Waals surface area contributed by atoms with Gasteiger partial charge in [0.25, 0.3) is 0 Å². The van der Waals surface area contributed by atoms with E-state index in [0.717, 1.165) is 6.42 Å². The van der Waals surface area contributed by atoms with E-state index in [1.165, 1.54) is 0 Å². The van der Waals surface area contributed by atoms with Gasteiger partial charge in [0.15, 0.2) is 0 Å². The highest BCUT2D eigenvalue weighted by Crippen LogP contribution is 2.08. The van der Waals surface area contributed by atoms with E-state index >= 15 is 0 Å². The molecule has 1 aromatic heterocycles. The summed E-state index contributed by atoms with van der Waals surface area (Å²) in [5.74, 6) is 0.796. The third kappa shape index (κ3) is 6.59. The third-order valence-electron chi connectivity index (χ3n) is 2.01. The van der Waals surface area contributed by atoms with Gasteiger partial charge < -0.3 is 15.4 Å². The lowest BCUT2D eigenvalue weighted by Gasteiger charge is -2.20. The summed E-state index contributed by atoms with van der Waals surface area (Å²) < 4.78 is 5.39. The van der Waals surface area contributed by atoms with Crippen LogP contribution >= 0.6 is 0 Å². The first-order valence-corrected chi connectivity index (χ1v) is 6.41. The van der Waals surface area contributed by atoms with Gasteiger partial charge in [0.1, 0.15) is 0 Å². The fourth-order valence-corrected chi connectivity index (χ4v) is 1.34. The van der Waals surface area contributed by atoms with Gasteiger partial charge in [-0.2, -0.15) is 4.98 Å². The number of rotatable bonds is 6. The van der Waals surface area contributed by atoms with Gasteiger partial charge in [-0.1, -0.05) is 6.92 Å². The van der Waals surface area contributed by atoms with E-state index < -0.39 is 0 Å². The van der Waals surface area contributed by atoms with Crippen molar-refractivity contribution in [2.75, 3.05) is 18.5 Å². The van der Waals surface area contributed by atoms with Gasteiger partial charge in [-0.25, -0.2) is 4.98 Å². The van der Waals surface area contributed by atoms with Crippen LogP contribution in [-0.2, 0) is 4.79 Å². The maximum atomic E-state index is 11.6. The minimum absolute atomic E-state index is 0.101. The Hall–Kier alpha value is -1.85. The van der Waals surface area contributed by atoms with E-state index in [1.54, 1.807) is 12.3 Å². The van der Waals surface area contributed by atoms with E-state index in [2.05, 4.69) is 20.6 Å². The van der Waals surface area contributed by atoms with Gasteiger partial charge in [-0.15, -0.1) is 0 Å². The number of carbonyl (C=O) groups excluding carboxylic acids is 1. The largest absolute Gasteiger partial charge is 0.478 e. The van der Waals surface area contributed by atoms with Crippen LogP contribution in [0.25, 0.3) is 0 Å². The van der Waals surface area contributed by atoms with Crippen LogP contribution in [0.3, 0.4) is 0 Å². The molecule has 1 heterocycles. The molecule has 0 saturated carbocycles. The zero-order valence-electron chi connectivity index (χ0n) is 12.0. The summed E-state index contributed by atoms with van der Waals surface area (Å²) >= 11 is 0. The molecule has 1 amide bonds. The SMILES string of the molecule is CCCOc1ccnc(NCC(=O)NC(C)(C)C)n1. The maximum Gasteiger partial charge on any atom is 0.239 e. The number of carbonyl (C=O) groups is 1. The van der Waals surface area contributed by atoms with Crippen molar-refractivity contribution in [1.82, 2.24) is 15.3 Å². The summed E-state index contributed by atoms with van der Waals surface area (Å²) in [6, 6.07) is 1.69. The predicted molar refractivity (Wildman–Crippen MR) is 74.2 cm³/mol. The van der Waals surface area contributed by atoms with E-state index in [9.17, 15) is 4.79 Å². The van der Waals surface area contributed by atoms with Crippen molar-refractivity contribution in [2.45, 2.75) is 39.7 Å². The van der Waals surface area contributed by atoms with Crippen molar-refractivity contribution in [2.24, 2.45) is 0 Å². The first-order chi connectivity index (χ1) is 8.90. The lowest BCUT2D eigenvalue weighted by molar-refractivity contribution is -0.120. The van der Waals surface area contributed by atoms with E-state index in [0.29, 0.717) is 18.4 Å². The van der Waals surface area contributed by atoms with E-state index in [-0.39, 0.29) is 18.0 Å². The molecule has 1 aromatic rings. The molecule has 0 aliphatic heterocycles. The second-order valence-electron chi connectivity index (χ2n) is 5.22. The van der Waals surface area contributed by atoms with Gasteiger partial charge in [0, 0.05) is 17.8 Å². The zero-order chi connectivity index (χ0) is 14.3. The first kappa shape index (κ1) is 15.2. The number of nitrogens with zero attached hydrogens (tertiary/aromatic N) is 2. The average molecular weight is 266 g/mol. The van der Waals surface area contributed by atoms with Gasteiger partial charge in [0.2, 0.25) is 17.7 Å². The molecule has 106 valence electrons. The van der Waals surface area contributed by atoms with Crippen LogP contribution in [0.1, 0.15) is 34.1 Å². The molecule has 0 aliphatic carbocycles. The Morgan fingerprint density at radius 3 is 2.79 bits per heavy atom. The number of ether oxygens (including phenoxy) is 1. The minimum atomic E-state index is -0.244. The van der Waals surface area contributed by atoms with Gasteiger partial charge >= 0.3 is 0 Å². The molecule has 1 rings (SSSR count). The van der Waals surface area contributed by atoms with Crippen molar-refractivity contribution >= 4 is 11.9 Å². The number of hydrogen-bond acceptors (Lipinski definition) is 5. The molecule has 0 aliphatic rings. The number of anilines is 1. The smallest absolute Gasteiger partial charge is 0.239 e. The minimum Gasteiger partial charge on any atom is -0.478 e. The lowest BCUT2D eigenvalue weighted by Crippen LogP contribution is -2.43. The monoisotopic (exact) mass is 266 g/mol. The van der Waals surface area contributed by atoms with Gasteiger partial charge in [0.05, 0.1) is 13.2 Å². The van der Waals surface area contributed by atoms with Gasteiger partial charge in [-0.3, -0.25) is 4.79 Å². The molecule has 2 N–H and O–H groups in total. The molecule has 0 bridgehead atoms. The summed E-state index contributed by atoms with van der Waals surface area (Å²) in [7, 11) is 0. The average Bonchev–Trinajstić information content (AvgIpc) is 2.32. The highest BCUT2D eigenvalue weighted by molar-refractivity contribution is 5.80. The summed E-state index contributed by atoms with van der Waals surface area (Å²) in [6.07, 6.45) is 2.52. The van der Waals surface area contributed by atoms with Crippen molar-refractivity contribution in [3.05, 3.63) is 12.3 Å². The van der Waals surface area contributed by atoms with Crippen molar-refractivity contribution in [3.63, 3.8) is 0 Å². The van der Waals surface area contributed by atoms with Crippen LogP contribution in [0, 0.1) is 0 Å². The van der Waals surface area contributed by atoms with Crippen molar-refractivity contribution in [3.8, 4) is 5.88 Å². The Bertz CT molecular complexity index is 415. The van der Waals surface area contributed by atoms with E-state index in [4.69, 9.17) is 4.74 Å². The van der Waals surface area contributed by atoms with Crippen LogP contribution < -0.4 is 15.4 Å². The maximum absolute atomic E-state index is 11.6. The zero-order valence-corrected chi connectivity index (χ0v) is 12.0. The molecule has 0 spiro atoms. The van der Waals surface area contributed by atoms with Crippen LogP contribution in [-0.4, -0.2) is 34.6 Å². The first-order valence-electron chi connectivity index (χ1n) is 6.41. The molecule has 0 radical (unpaired) electrons. The number of nitrogens with one attached hydrogen (secondary N) is 2. The van der Waals surface area contributed by atoms with Gasteiger partial charge in [-0.05, 0) is 27.2 Å². The highest BCUT2D eigenvalue weighted by Gasteiger charge is 2.13. The van der Waals surface area contributed by atoms with Crippen LogP contribution in [0.5, 0.6) is 5.88 Å². The normalized spacial score (nSPS) is 10.9. The van der Waals surface area contributed by atoms with Crippen molar-refractivity contribution < 1.29 is 9.53 Å². The Labute approximate surface area is 114 Å². The molecule has 6 nitrogen and oxygen atoms in total. The second kappa shape index (κ2) is 6.92. The molecule has 0 saturated heterocycles. The summed E-state index contributed by atoms with van der Waals surface area (Å²) in [4.78, 5) is 19.8. The molecule has 0 fully saturated rings. The van der Waals surface area contributed by atoms with Crippen molar-refractivity contribution in [1.29, 1.82) is 0 Å². The Balaban J connectivity index is 2.46. The predicted octanol–water partition coefficient (Wildman–Crippen LogP) is 1.59. The number of aromatic nitrogens is 2. The van der Waals surface area contributed by atoms with Crippen LogP contribution in [0.15, 0.2) is 12.3 Å². The highest BCUT2D eigenvalue weighted by atomic mass is 16.5. The Morgan fingerprint density at radius 1 is 1.42 bits per heavy atom.